The highest BCUT2D eigenvalue weighted by Gasteiger charge is 1.98. The van der Waals surface area contributed by atoms with Crippen molar-refractivity contribution in [3.8, 4) is 0 Å². The van der Waals surface area contributed by atoms with Crippen LogP contribution in [0.3, 0.4) is 0 Å². The summed E-state index contributed by atoms with van der Waals surface area (Å²) in [6.45, 7) is 2.21. The van der Waals surface area contributed by atoms with Gasteiger partial charge in [0, 0.05) is 4.88 Å². The van der Waals surface area contributed by atoms with Crippen LogP contribution in [0.5, 0.6) is 0 Å². The van der Waals surface area contributed by atoms with E-state index in [9.17, 15) is 0 Å². The first-order chi connectivity index (χ1) is 6.88. The predicted molar refractivity (Wildman–Crippen MR) is 62.9 cm³/mol. The van der Waals surface area contributed by atoms with Gasteiger partial charge >= 0.3 is 0 Å². The minimum atomic E-state index is 1.07. The number of rotatable bonds is 3. The van der Waals surface area contributed by atoms with Crippen molar-refractivity contribution in [2.75, 3.05) is 0 Å². The normalized spacial score (nSPS) is 10.4. The SMILES string of the molecule is CCc1cc(Cc2ccccc2)cs1. The first-order valence-electron chi connectivity index (χ1n) is 4.98. The van der Waals surface area contributed by atoms with Crippen LogP contribution < -0.4 is 0 Å². The molecule has 14 heavy (non-hydrogen) atoms. The van der Waals surface area contributed by atoms with Crippen molar-refractivity contribution in [2.45, 2.75) is 19.8 Å². The Morgan fingerprint density at radius 2 is 1.86 bits per heavy atom. The Labute approximate surface area is 89.2 Å². The average molecular weight is 202 g/mol. The fourth-order valence-corrected chi connectivity index (χ4v) is 2.38. The van der Waals surface area contributed by atoms with Crippen LogP contribution in [0.1, 0.15) is 22.9 Å². The molecule has 0 bridgehead atoms. The molecule has 1 heterocycles. The molecule has 0 spiro atoms. The minimum Gasteiger partial charge on any atom is -0.149 e. The summed E-state index contributed by atoms with van der Waals surface area (Å²) >= 11 is 1.87. The molecule has 0 aliphatic heterocycles. The molecule has 2 rings (SSSR count). The lowest BCUT2D eigenvalue weighted by atomic mass is 10.1. The van der Waals surface area contributed by atoms with Crippen LogP contribution >= 0.6 is 11.3 Å². The smallest absolute Gasteiger partial charge is 0.00454 e. The molecule has 0 saturated heterocycles. The second-order valence-corrected chi connectivity index (χ2v) is 4.43. The molecule has 2 aromatic rings. The Morgan fingerprint density at radius 3 is 2.50 bits per heavy atom. The molecule has 1 aromatic carbocycles. The zero-order valence-corrected chi connectivity index (χ0v) is 9.18. The number of aryl methyl sites for hydroxylation is 1. The zero-order chi connectivity index (χ0) is 9.80. The van der Waals surface area contributed by atoms with Gasteiger partial charge in [-0.1, -0.05) is 37.3 Å². The number of hydrogen-bond acceptors (Lipinski definition) is 1. The van der Waals surface area contributed by atoms with Crippen LogP contribution in [0.4, 0.5) is 0 Å². The number of benzene rings is 1. The molecule has 1 aromatic heterocycles. The van der Waals surface area contributed by atoms with E-state index in [1.807, 2.05) is 11.3 Å². The third-order valence-electron chi connectivity index (χ3n) is 2.31. The van der Waals surface area contributed by atoms with Crippen molar-refractivity contribution >= 4 is 11.3 Å². The molecule has 0 unspecified atom stereocenters. The lowest BCUT2D eigenvalue weighted by Crippen LogP contribution is -1.83. The van der Waals surface area contributed by atoms with Crippen LogP contribution in [0, 0.1) is 0 Å². The molecule has 0 N–H and O–H groups in total. The van der Waals surface area contributed by atoms with Gasteiger partial charge in [0.15, 0.2) is 0 Å². The van der Waals surface area contributed by atoms with Gasteiger partial charge in [-0.05, 0) is 35.4 Å². The van der Waals surface area contributed by atoms with E-state index < -0.39 is 0 Å². The van der Waals surface area contributed by atoms with E-state index in [-0.39, 0.29) is 0 Å². The Morgan fingerprint density at radius 1 is 1.07 bits per heavy atom. The Kier molecular flexibility index (Phi) is 3.00. The van der Waals surface area contributed by atoms with E-state index >= 15 is 0 Å². The third-order valence-corrected chi connectivity index (χ3v) is 3.44. The fourth-order valence-electron chi connectivity index (χ4n) is 1.54. The fraction of sp³-hybridized carbons (Fsp3) is 0.231. The van der Waals surface area contributed by atoms with Gasteiger partial charge in [-0.15, -0.1) is 11.3 Å². The second kappa shape index (κ2) is 4.43. The quantitative estimate of drug-likeness (QED) is 0.708. The van der Waals surface area contributed by atoms with Crippen LogP contribution in [0.25, 0.3) is 0 Å². The van der Waals surface area contributed by atoms with Crippen molar-refractivity contribution in [3.05, 3.63) is 57.8 Å². The molecule has 0 amide bonds. The van der Waals surface area contributed by atoms with Gasteiger partial charge < -0.3 is 0 Å². The molecule has 0 atom stereocenters. The van der Waals surface area contributed by atoms with Gasteiger partial charge in [0.25, 0.3) is 0 Å². The summed E-state index contributed by atoms with van der Waals surface area (Å²) in [6, 6.07) is 12.9. The van der Waals surface area contributed by atoms with E-state index in [2.05, 4.69) is 48.7 Å². The van der Waals surface area contributed by atoms with Crippen molar-refractivity contribution in [1.82, 2.24) is 0 Å². The van der Waals surface area contributed by atoms with Gasteiger partial charge in [-0.3, -0.25) is 0 Å². The van der Waals surface area contributed by atoms with Gasteiger partial charge in [0.2, 0.25) is 0 Å². The van der Waals surface area contributed by atoms with Crippen LogP contribution in [-0.4, -0.2) is 0 Å². The molecular formula is C13H14S. The maximum absolute atomic E-state index is 2.32. The topological polar surface area (TPSA) is 0 Å². The molecule has 1 heteroatoms. The highest BCUT2D eigenvalue weighted by atomic mass is 32.1. The summed E-state index contributed by atoms with van der Waals surface area (Å²) in [4.78, 5) is 1.48. The van der Waals surface area contributed by atoms with Gasteiger partial charge in [0.05, 0.1) is 0 Å². The molecule has 0 aliphatic carbocycles. The maximum Gasteiger partial charge on any atom is 0.00454 e. The molecule has 0 saturated carbocycles. The van der Waals surface area contributed by atoms with Crippen molar-refractivity contribution in [2.24, 2.45) is 0 Å². The average Bonchev–Trinajstić information content (AvgIpc) is 2.67. The van der Waals surface area contributed by atoms with E-state index in [1.165, 1.54) is 16.0 Å². The zero-order valence-electron chi connectivity index (χ0n) is 8.36. The summed E-state index contributed by atoms with van der Waals surface area (Å²) in [5.41, 5.74) is 2.84. The van der Waals surface area contributed by atoms with Crippen molar-refractivity contribution in [3.63, 3.8) is 0 Å². The molecular weight excluding hydrogens is 188 g/mol. The highest BCUT2D eigenvalue weighted by molar-refractivity contribution is 7.10. The van der Waals surface area contributed by atoms with Gasteiger partial charge in [-0.25, -0.2) is 0 Å². The maximum atomic E-state index is 2.32. The first kappa shape index (κ1) is 9.47. The van der Waals surface area contributed by atoms with Crippen molar-refractivity contribution < 1.29 is 0 Å². The third kappa shape index (κ3) is 2.24. The lowest BCUT2D eigenvalue weighted by molar-refractivity contribution is 1.16. The Hall–Kier alpha value is -1.08. The van der Waals surface area contributed by atoms with Gasteiger partial charge in [-0.2, -0.15) is 0 Å². The Balaban J connectivity index is 2.11. The summed E-state index contributed by atoms with van der Waals surface area (Å²) in [5.74, 6) is 0. The Bertz CT molecular complexity index is 387. The number of thiophene rings is 1. The molecule has 0 nitrogen and oxygen atoms in total. The van der Waals surface area contributed by atoms with E-state index in [0.29, 0.717) is 0 Å². The van der Waals surface area contributed by atoms with E-state index in [0.717, 1.165) is 12.8 Å². The molecule has 0 radical (unpaired) electrons. The monoisotopic (exact) mass is 202 g/mol. The summed E-state index contributed by atoms with van der Waals surface area (Å²) in [7, 11) is 0. The van der Waals surface area contributed by atoms with Crippen LogP contribution in [0.15, 0.2) is 41.8 Å². The minimum absolute atomic E-state index is 1.07. The van der Waals surface area contributed by atoms with Gasteiger partial charge in [0.1, 0.15) is 0 Å². The van der Waals surface area contributed by atoms with Crippen molar-refractivity contribution in [1.29, 1.82) is 0 Å². The lowest BCUT2D eigenvalue weighted by Gasteiger charge is -1.96. The molecule has 72 valence electrons. The first-order valence-corrected chi connectivity index (χ1v) is 5.86. The van der Waals surface area contributed by atoms with E-state index in [4.69, 9.17) is 0 Å². The highest BCUT2D eigenvalue weighted by Crippen LogP contribution is 2.18. The van der Waals surface area contributed by atoms with Crippen LogP contribution in [-0.2, 0) is 12.8 Å². The second-order valence-electron chi connectivity index (χ2n) is 3.44. The number of hydrogen-bond donors (Lipinski definition) is 0. The largest absolute Gasteiger partial charge is 0.149 e. The summed E-state index contributed by atoms with van der Waals surface area (Å²) in [5, 5.41) is 2.27. The standard InChI is InChI=1S/C13H14S/c1-2-13-9-12(10-14-13)8-11-6-4-3-5-7-11/h3-7,9-10H,2,8H2,1H3. The predicted octanol–water partition coefficient (Wildman–Crippen LogP) is 3.90. The van der Waals surface area contributed by atoms with Crippen LogP contribution in [0.2, 0.25) is 0 Å². The summed E-state index contributed by atoms with van der Waals surface area (Å²) in [6.07, 6.45) is 2.22. The van der Waals surface area contributed by atoms with E-state index in [1.54, 1.807) is 0 Å². The molecule has 0 fully saturated rings. The molecule has 0 aliphatic rings. The summed E-state index contributed by atoms with van der Waals surface area (Å²) < 4.78 is 0.